The number of likely N-dealkylation sites (N-methyl/N-ethyl adjacent to an activating group) is 1. The number of hydrogen-bond donors (Lipinski definition) is 1. The first kappa shape index (κ1) is 15.2. The van der Waals surface area contributed by atoms with Crippen LogP contribution in [0.1, 0.15) is 29.8 Å². The Hall–Kier alpha value is -1.23. The van der Waals surface area contributed by atoms with E-state index >= 15 is 0 Å². The van der Waals surface area contributed by atoms with Crippen molar-refractivity contribution in [3.05, 3.63) is 58.0 Å². The Bertz CT molecular complexity index is 510. The van der Waals surface area contributed by atoms with Crippen molar-refractivity contribution in [2.75, 3.05) is 7.05 Å². The fraction of sp³-hybridized carbons (Fsp3) is 0.375. The highest BCUT2D eigenvalue weighted by Crippen LogP contribution is 2.26. The molecule has 108 valence electrons. The maximum Gasteiger partial charge on any atom is 0.123 e. The van der Waals surface area contributed by atoms with E-state index in [9.17, 15) is 4.39 Å². The molecule has 0 amide bonds. The second kappa shape index (κ2) is 6.97. The third-order valence-electron chi connectivity index (χ3n) is 3.55. The van der Waals surface area contributed by atoms with Crippen LogP contribution >= 0.6 is 11.3 Å². The van der Waals surface area contributed by atoms with E-state index in [4.69, 9.17) is 5.73 Å². The van der Waals surface area contributed by atoms with Crippen molar-refractivity contribution in [1.82, 2.24) is 4.90 Å². The first-order valence-corrected chi connectivity index (χ1v) is 7.73. The van der Waals surface area contributed by atoms with E-state index in [0.29, 0.717) is 0 Å². The molecule has 0 aliphatic rings. The molecule has 2 rings (SSSR count). The largest absolute Gasteiger partial charge is 0.326 e. The van der Waals surface area contributed by atoms with Gasteiger partial charge >= 0.3 is 0 Å². The van der Waals surface area contributed by atoms with Gasteiger partial charge in [0.15, 0.2) is 0 Å². The smallest absolute Gasteiger partial charge is 0.123 e. The van der Waals surface area contributed by atoms with Crippen molar-refractivity contribution in [3.63, 3.8) is 0 Å². The van der Waals surface area contributed by atoms with Crippen LogP contribution in [0.25, 0.3) is 0 Å². The number of nitrogens with zero attached hydrogens (tertiary/aromatic N) is 1. The fourth-order valence-corrected chi connectivity index (χ4v) is 3.23. The Labute approximate surface area is 124 Å². The van der Waals surface area contributed by atoms with Gasteiger partial charge in [0.2, 0.25) is 0 Å². The van der Waals surface area contributed by atoms with Crippen LogP contribution in [0, 0.1) is 5.82 Å². The summed E-state index contributed by atoms with van der Waals surface area (Å²) < 4.78 is 13.1. The van der Waals surface area contributed by atoms with Crippen molar-refractivity contribution in [3.8, 4) is 0 Å². The normalized spacial score (nSPS) is 14.4. The number of benzene rings is 1. The summed E-state index contributed by atoms with van der Waals surface area (Å²) in [6, 6.07) is 11.0. The van der Waals surface area contributed by atoms with Crippen LogP contribution in [-0.2, 0) is 6.54 Å². The summed E-state index contributed by atoms with van der Waals surface area (Å²) in [6.45, 7) is 2.94. The minimum absolute atomic E-state index is 0.0328. The zero-order valence-electron chi connectivity index (χ0n) is 11.9. The number of halogens is 1. The highest BCUT2D eigenvalue weighted by Gasteiger charge is 2.23. The molecule has 0 saturated heterocycles. The number of rotatable bonds is 6. The van der Waals surface area contributed by atoms with E-state index in [1.807, 2.05) is 12.1 Å². The molecular formula is C16H21FN2S. The Morgan fingerprint density at radius 1 is 1.25 bits per heavy atom. The van der Waals surface area contributed by atoms with Crippen molar-refractivity contribution in [2.45, 2.75) is 32.0 Å². The maximum atomic E-state index is 13.1. The molecule has 2 atom stereocenters. The van der Waals surface area contributed by atoms with E-state index in [-0.39, 0.29) is 17.9 Å². The predicted molar refractivity (Wildman–Crippen MR) is 83.2 cm³/mol. The van der Waals surface area contributed by atoms with Gasteiger partial charge in [-0.3, -0.25) is 4.90 Å². The van der Waals surface area contributed by atoms with Crippen LogP contribution < -0.4 is 5.73 Å². The van der Waals surface area contributed by atoms with Gasteiger partial charge in [-0.2, -0.15) is 0 Å². The van der Waals surface area contributed by atoms with Crippen LogP contribution in [0.3, 0.4) is 0 Å². The Balaban J connectivity index is 2.20. The number of thiophene rings is 1. The zero-order valence-corrected chi connectivity index (χ0v) is 12.7. The molecule has 20 heavy (non-hydrogen) atoms. The van der Waals surface area contributed by atoms with Crippen LogP contribution in [0.4, 0.5) is 4.39 Å². The lowest BCUT2D eigenvalue weighted by Crippen LogP contribution is -2.38. The second-order valence-electron chi connectivity index (χ2n) is 5.06. The van der Waals surface area contributed by atoms with Gasteiger partial charge in [-0.25, -0.2) is 4.39 Å². The van der Waals surface area contributed by atoms with Crippen LogP contribution in [0.2, 0.25) is 0 Å². The summed E-state index contributed by atoms with van der Waals surface area (Å²) in [7, 11) is 2.07. The summed E-state index contributed by atoms with van der Waals surface area (Å²) in [5.41, 5.74) is 7.35. The van der Waals surface area contributed by atoms with Crippen LogP contribution in [-0.4, -0.2) is 18.0 Å². The molecular weight excluding hydrogens is 271 g/mol. The number of nitrogens with two attached hydrogens (primary N) is 1. The molecule has 0 spiro atoms. The van der Waals surface area contributed by atoms with Crippen molar-refractivity contribution in [2.24, 2.45) is 5.73 Å². The van der Waals surface area contributed by atoms with Gasteiger partial charge in [0, 0.05) is 23.5 Å². The third-order valence-corrected chi connectivity index (χ3v) is 4.41. The second-order valence-corrected chi connectivity index (χ2v) is 6.10. The van der Waals surface area contributed by atoms with Gasteiger partial charge in [-0.1, -0.05) is 25.1 Å². The van der Waals surface area contributed by atoms with Gasteiger partial charge in [0.05, 0.1) is 0 Å². The maximum absolute atomic E-state index is 13.1. The molecule has 0 fully saturated rings. The van der Waals surface area contributed by atoms with E-state index in [2.05, 4.69) is 36.4 Å². The van der Waals surface area contributed by atoms with Crippen molar-refractivity contribution in [1.29, 1.82) is 0 Å². The molecule has 1 aromatic heterocycles. The average Bonchev–Trinajstić information content (AvgIpc) is 2.94. The summed E-state index contributed by atoms with van der Waals surface area (Å²) in [5.74, 6) is -0.210. The van der Waals surface area contributed by atoms with E-state index < -0.39 is 0 Å². The van der Waals surface area contributed by atoms with Crippen molar-refractivity contribution < 1.29 is 4.39 Å². The summed E-state index contributed by atoms with van der Waals surface area (Å²) >= 11 is 1.74. The molecule has 0 bridgehead atoms. The van der Waals surface area contributed by atoms with Crippen LogP contribution in [0.15, 0.2) is 41.8 Å². The first-order valence-electron chi connectivity index (χ1n) is 6.85. The summed E-state index contributed by atoms with van der Waals surface area (Å²) in [4.78, 5) is 3.55. The molecule has 2 aromatic rings. The molecule has 2 nitrogen and oxygen atoms in total. The highest BCUT2D eigenvalue weighted by atomic mass is 32.1. The first-order chi connectivity index (χ1) is 9.61. The molecule has 0 radical (unpaired) electrons. The minimum Gasteiger partial charge on any atom is -0.326 e. The van der Waals surface area contributed by atoms with Gasteiger partial charge in [0.25, 0.3) is 0 Å². The van der Waals surface area contributed by atoms with Gasteiger partial charge in [0.1, 0.15) is 5.82 Å². The van der Waals surface area contributed by atoms with Gasteiger partial charge in [-0.15, -0.1) is 11.3 Å². The molecule has 4 heteroatoms. The summed E-state index contributed by atoms with van der Waals surface area (Å²) in [6.07, 6.45) is 0.886. The average molecular weight is 292 g/mol. The zero-order chi connectivity index (χ0) is 14.5. The van der Waals surface area contributed by atoms with Gasteiger partial charge in [-0.05, 0) is 42.6 Å². The lowest BCUT2D eigenvalue weighted by molar-refractivity contribution is 0.203. The lowest BCUT2D eigenvalue weighted by Gasteiger charge is -2.32. The Kier molecular flexibility index (Phi) is 5.29. The van der Waals surface area contributed by atoms with E-state index in [1.54, 1.807) is 11.3 Å². The minimum atomic E-state index is -0.210. The molecule has 0 aliphatic carbocycles. The molecule has 1 heterocycles. The van der Waals surface area contributed by atoms with Crippen LogP contribution in [0.5, 0.6) is 0 Å². The fourth-order valence-electron chi connectivity index (χ4n) is 2.46. The van der Waals surface area contributed by atoms with E-state index in [1.165, 1.54) is 17.0 Å². The van der Waals surface area contributed by atoms with E-state index in [0.717, 1.165) is 18.5 Å². The Morgan fingerprint density at radius 3 is 2.50 bits per heavy atom. The third kappa shape index (κ3) is 3.66. The molecule has 2 N–H and O–H groups in total. The molecule has 0 aliphatic heterocycles. The standard InChI is InChI=1S/C16H21FN2S/c1-3-15(18)16(12-6-8-13(17)9-7-12)19(2)11-14-5-4-10-20-14/h4-10,15-16H,3,11,18H2,1-2H3. The summed E-state index contributed by atoms with van der Waals surface area (Å²) in [5, 5.41) is 2.08. The molecule has 0 saturated carbocycles. The Morgan fingerprint density at radius 2 is 1.95 bits per heavy atom. The lowest BCUT2D eigenvalue weighted by atomic mass is 9.96. The number of hydrogen-bond acceptors (Lipinski definition) is 3. The topological polar surface area (TPSA) is 29.3 Å². The SMILES string of the molecule is CCC(N)C(c1ccc(F)cc1)N(C)Cc1cccs1. The monoisotopic (exact) mass is 292 g/mol. The van der Waals surface area contributed by atoms with Crippen molar-refractivity contribution >= 4 is 11.3 Å². The molecule has 2 unspecified atom stereocenters. The molecule has 1 aromatic carbocycles. The predicted octanol–water partition coefficient (Wildman–Crippen LogP) is 3.80. The van der Waals surface area contributed by atoms with Gasteiger partial charge < -0.3 is 5.73 Å². The quantitative estimate of drug-likeness (QED) is 0.877. The highest BCUT2D eigenvalue weighted by molar-refractivity contribution is 7.09.